The highest BCUT2D eigenvalue weighted by Gasteiger charge is 2.08. The topological polar surface area (TPSA) is 39.4 Å². The summed E-state index contributed by atoms with van der Waals surface area (Å²) in [5, 5.41) is 0.956. The van der Waals surface area contributed by atoms with Crippen molar-refractivity contribution in [3.05, 3.63) is 64.2 Å². The van der Waals surface area contributed by atoms with E-state index in [4.69, 9.17) is 9.15 Å². The SMILES string of the molecule is C=C(Oc1ccc2c(CCC)cc(=O)oc2c1)/C(C)=C/C. The van der Waals surface area contributed by atoms with E-state index in [1.54, 1.807) is 12.1 Å². The second-order valence-electron chi connectivity index (χ2n) is 5.00. The van der Waals surface area contributed by atoms with Gasteiger partial charge < -0.3 is 9.15 Å². The van der Waals surface area contributed by atoms with Crippen LogP contribution < -0.4 is 10.4 Å². The van der Waals surface area contributed by atoms with Gasteiger partial charge in [0.15, 0.2) is 0 Å². The fourth-order valence-corrected chi connectivity index (χ4v) is 2.13. The summed E-state index contributed by atoms with van der Waals surface area (Å²) in [6, 6.07) is 7.10. The van der Waals surface area contributed by atoms with Crippen molar-refractivity contribution in [3.8, 4) is 5.75 Å². The van der Waals surface area contributed by atoms with Crippen LogP contribution in [0.25, 0.3) is 11.0 Å². The lowest BCUT2D eigenvalue weighted by Crippen LogP contribution is -2.01. The number of fused-ring (bicyclic) bond motifs is 1. The van der Waals surface area contributed by atoms with Gasteiger partial charge in [0, 0.05) is 17.5 Å². The minimum absolute atomic E-state index is 0.327. The molecule has 110 valence electrons. The van der Waals surface area contributed by atoms with E-state index in [9.17, 15) is 4.79 Å². The molecule has 1 aromatic carbocycles. The molecule has 1 aromatic heterocycles. The average molecular weight is 284 g/mol. The van der Waals surface area contributed by atoms with E-state index in [-0.39, 0.29) is 5.63 Å². The van der Waals surface area contributed by atoms with E-state index in [1.165, 1.54) is 0 Å². The van der Waals surface area contributed by atoms with Crippen LogP contribution in [0.1, 0.15) is 32.8 Å². The molecule has 0 radical (unpaired) electrons. The van der Waals surface area contributed by atoms with E-state index >= 15 is 0 Å². The number of allylic oxidation sites excluding steroid dienone is 2. The van der Waals surface area contributed by atoms with Crippen LogP contribution in [-0.2, 0) is 6.42 Å². The van der Waals surface area contributed by atoms with Crippen LogP contribution in [0.15, 0.2) is 57.5 Å². The lowest BCUT2D eigenvalue weighted by atomic mass is 10.1. The van der Waals surface area contributed by atoms with E-state index < -0.39 is 0 Å². The highest BCUT2D eigenvalue weighted by molar-refractivity contribution is 5.81. The summed E-state index contributed by atoms with van der Waals surface area (Å²) in [4.78, 5) is 11.6. The van der Waals surface area contributed by atoms with Crippen molar-refractivity contribution in [2.24, 2.45) is 0 Å². The Kier molecular flexibility index (Phi) is 4.63. The van der Waals surface area contributed by atoms with E-state index in [1.807, 2.05) is 32.1 Å². The van der Waals surface area contributed by atoms with Crippen molar-refractivity contribution in [2.45, 2.75) is 33.6 Å². The fraction of sp³-hybridized carbons (Fsp3) is 0.278. The Hall–Kier alpha value is -2.29. The van der Waals surface area contributed by atoms with Crippen LogP contribution in [0, 0.1) is 0 Å². The van der Waals surface area contributed by atoms with Gasteiger partial charge in [-0.05, 0) is 43.5 Å². The van der Waals surface area contributed by atoms with Crippen LogP contribution >= 0.6 is 0 Å². The molecule has 0 saturated heterocycles. The largest absolute Gasteiger partial charge is 0.458 e. The summed E-state index contributed by atoms with van der Waals surface area (Å²) in [7, 11) is 0. The minimum atomic E-state index is -0.327. The Balaban J connectivity index is 2.42. The number of benzene rings is 1. The van der Waals surface area contributed by atoms with E-state index in [0.717, 1.165) is 29.4 Å². The fourth-order valence-electron chi connectivity index (χ4n) is 2.13. The first kappa shape index (κ1) is 15.1. The molecule has 0 aliphatic rings. The van der Waals surface area contributed by atoms with Crippen LogP contribution in [-0.4, -0.2) is 0 Å². The Morgan fingerprint density at radius 2 is 2.14 bits per heavy atom. The number of rotatable bonds is 5. The zero-order chi connectivity index (χ0) is 15.4. The number of hydrogen-bond donors (Lipinski definition) is 0. The van der Waals surface area contributed by atoms with Crippen LogP contribution in [0.4, 0.5) is 0 Å². The van der Waals surface area contributed by atoms with Gasteiger partial charge in [0.2, 0.25) is 0 Å². The first-order valence-electron chi connectivity index (χ1n) is 7.12. The molecule has 0 atom stereocenters. The van der Waals surface area contributed by atoms with Gasteiger partial charge in [-0.1, -0.05) is 26.0 Å². The van der Waals surface area contributed by atoms with E-state index in [0.29, 0.717) is 17.1 Å². The molecule has 0 fully saturated rings. The zero-order valence-corrected chi connectivity index (χ0v) is 12.7. The molecule has 0 aliphatic carbocycles. The van der Waals surface area contributed by atoms with Gasteiger partial charge in [-0.3, -0.25) is 0 Å². The number of aryl methyl sites for hydroxylation is 1. The molecule has 1 heterocycles. The van der Waals surface area contributed by atoms with Gasteiger partial charge in [-0.25, -0.2) is 4.79 Å². The molecule has 3 nitrogen and oxygen atoms in total. The van der Waals surface area contributed by atoms with Crippen molar-refractivity contribution in [2.75, 3.05) is 0 Å². The van der Waals surface area contributed by atoms with Crippen LogP contribution in [0.3, 0.4) is 0 Å². The predicted molar refractivity (Wildman–Crippen MR) is 85.7 cm³/mol. The van der Waals surface area contributed by atoms with Gasteiger partial charge in [-0.15, -0.1) is 0 Å². The van der Waals surface area contributed by atoms with Gasteiger partial charge in [0.05, 0.1) is 0 Å². The molecule has 0 N–H and O–H groups in total. The van der Waals surface area contributed by atoms with Crippen molar-refractivity contribution < 1.29 is 9.15 Å². The monoisotopic (exact) mass is 284 g/mol. The van der Waals surface area contributed by atoms with Gasteiger partial charge in [0.1, 0.15) is 17.1 Å². The second kappa shape index (κ2) is 6.44. The Bertz CT molecular complexity index is 751. The maximum absolute atomic E-state index is 11.6. The summed E-state index contributed by atoms with van der Waals surface area (Å²) in [6.45, 7) is 9.83. The molecular formula is C18H20O3. The summed E-state index contributed by atoms with van der Waals surface area (Å²) in [5.41, 5.74) is 2.20. The summed E-state index contributed by atoms with van der Waals surface area (Å²) < 4.78 is 11.0. The quantitative estimate of drug-likeness (QED) is 0.457. The van der Waals surface area contributed by atoms with Crippen molar-refractivity contribution in [3.63, 3.8) is 0 Å². The molecule has 0 bridgehead atoms. The first-order valence-corrected chi connectivity index (χ1v) is 7.12. The summed E-state index contributed by atoms with van der Waals surface area (Å²) in [5.74, 6) is 1.20. The first-order chi connectivity index (χ1) is 10.0. The van der Waals surface area contributed by atoms with Crippen molar-refractivity contribution in [1.29, 1.82) is 0 Å². The summed E-state index contributed by atoms with van der Waals surface area (Å²) >= 11 is 0. The minimum Gasteiger partial charge on any atom is -0.458 e. The normalized spacial score (nSPS) is 11.7. The lowest BCUT2D eigenvalue weighted by molar-refractivity contribution is 0.437. The smallest absolute Gasteiger partial charge is 0.336 e. The zero-order valence-electron chi connectivity index (χ0n) is 12.7. The molecule has 0 amide bonds. The molecule has 0 spiro atoms. The van der Waals surface area contributed by atoms with Crippen LogP contribution in [0.5, 0.6) is 5.75 Å². The van der Waals surface area contributed by atoms with Gasteiger partial charge >= 0.3 is 5.63 Å². The summed E-state index contributed by atoms with van der Waals surface area (Å²) in [6.07, 6.45) is 3.77. The third-order valence-electron chi connectivity index (χ3n) is 3.43. The van der Waals surface area contributed by atoms with Crippen molar-refractivity contribution in [1.82, 2.24) is 0 Å². The molecule has 2 aromatic rings. The van der Waals surface area contributed by atoms with Gasteiger partial charge in [0.25, 0.3) is 0 Å². The Labute approximate surface area is 124 Å². The average Bonchev–Trinajstić information content (AvgIpc) is 2.46. The van der Waals surface area contributed by atoms with Crippen LogP contribution in [0.2, 0.25) is 0 Å². The van der Waals surface area contributed by atoms with Crippen molar-refractivity contribution >= 4 is 11.0 Å². The maximum atomic E-state index is 11.6. The lowest BCUT2D eigenvalue weighted by Gasteiger charge is -2.10. The Morgan fingerprint density at radius 3 is 2.81 bits per heavy atom. The maximum Gasteiger partial charge on any atom is 0.336 e. The molecule has 0 unspecified atom stereocenters. The highest BCUT2D eigenvalue weighted by Crippen LogP contribution is 2.25. The number of ether oxygens (including phenoxy) is 1. The highest BCUT2D eigenvalue weighted by atomic mass is 16.5. The molecule has 0 saturated carbocycles. The molecule has 3 heteroatoms. The molecule has 0 aliphatic heterocycles. The van der Waals surface area contributed by atoms with E-state index in [2.05, 4.69) is 13.5 Å². The standard InChI is InChI=1S/C18H20O3/c1-5-7-14-10-18(19)21-17-11-15(8-9-16(14)17)20-13(4)12(3)6-2/h6,8-11H,4-5,7H2,1-3H3/b12-6+. The predicted octanol–water partition coefficient (Wildman–Crippen LogP) is 4.60. The third kappa shape index (κ3) is 3.43. The molecule has 2 rings (SSSR count). The third-order valence-corrected chi connectivity index (χ3v) is 3.43. The van der Waals surface area contributed by atoms with Gasteiger partial charge in [-0.2, -0.15) is 0 Å². The Morgan fingerprint density at radius 1 is 1.38 bits per heavy atom. The number of hydrogen-bond acceptors (Lipinski definition) is 3. The molecular weight excluding hydrogens is 264 g/mol. The second-order valence-corrected chi connectivity index (χ2v) is 5.00. The molecule has 21 heavy (non-hydrogen) atoms.